The van der Waals surface area contributed by atoms with Gasteiger partial charge >= 0.3 is 6.18 Å². The normalized spacial score (nSPS) is 18.4. The Balaban J connectivity index is 2.00. The zero-order valence-electron chi connectivity index (χ0n) is 14.7. The highest BCUT2D eigenvalue weighted by Crippen LogP contribution is 2.32. The minimum Gasteiger partial charge on any atom is -0.497 e. The molecule has 1 aliphatic rings. The van der Waals surface area contributed by atoms with Crippen LogP contribution in [0, 0.1) is 0 Å². The van der Waals surface area contributed by atoms with Crippen molar-refractivity contribution in [3.05, 3.63) is 23.8 Å². The molecule has 0 amide bonds. The topological polar surface area (TPSA) is 46.1 Å². The Morgan fingerprint density at radius 2 is 1.88 bits per heavy atom. The van der Waals surface area contributed by atoms with Crippen LogP contribution in [-0.2, 0) is 0 Å². The molecule has 1 heterocycles. The van der Waals surface area contributed by atoms with E-state index in [0.717, 1.165) is 30.0 Å². The van der Waals surface area contributed by atoms with E-state index in [0.29, 0.717) is 12.5 Å². The number of methoxy groups -OCH3 is 2. The van der Waals surface area contributed by atoms with Crippen LogP contribution in [0.3, 0.4) is 0 Å². The summed E-state index contributed by atoms with van der Waals surface area (Å²) in [5, 5.41) is 2.79. The maximum atomic E-state index is 12.3. The van der Waals surface area contributed by atoms with Crippen LogP contribution >= 0.6 is 0 Å². The van der Waals surface area contributed by atoms with Gasteiger partial charge < -0.3 is 19.7 Å². The average molecular weight is 359 g/mol. The van der Waals surface area contributed by atoms with Crippen LogP contribution in [0.5, 0.6) is 11.5 Å². The summed E-state index contributed by atoms with van der Waals surface area (Å²) in [7, 11) is 4.79. The maximum Gasteiger partial charge on any atom is 0.390 e. The lowest BCUT2D eigenvalue weighted by Gasteiger charge is -2.22. The Hall–Kier alpha value is -2.12. The molecule has 1 atom stereocenters. The van der Waals surface area contributed by atoms with E-state index in [9.17, 15) is 13.2 Å². The summed E-state index contributed by atoms with van der Waals surface area (Å²) in [5.74, 6) is 2.19. The van der Waals surface area contributed by atoms with Crippen molar-refractivity contribution in [3.63, 3.8) is 0 Å². The zero-order chi connectivity index (χ0) is 18.4. The molecule has 0 saturated carbocycles. The number of hydrogen-bond acceptors (Lipinski definition) is 3. The molecular formula is C17H24F3N3O2. The van der Waals surface area contributed by atoms with Gasteiger partial charge in [-0.05, 0) is 24.1 Å². The first-order chi connectivity index (χ1) is 11.9. The first kappa shape index (κ1) is 19.2. The Labute approximate surface area is 145 Å². The number of rotatable bonds is 5. The van der Waals surface area contributed by atoms with E-state index in [1.54, 1.807) is 21.3 Å². The average Bonchev–Trinajstić information content (AvgIpc) is 3.07. The van der Waals surface area contributed by atoms with Crippen LogP contribution in [0.4, 0.5) is 13.2 Å². The molecule has 0 bridgehead atoms. The third kappa shape index (κ3) is 5.44. The Bertz CT molecular complexity index is 583. The predicted molar refractivity (Wildman–Crippen MR) is 90.5 cm³/mol. The van der Waals surface area contributed by atoms with Crippen LogP contribution in [-0.4, -0.2) is 57.9 Å². The zero-order valence-corrected chi connectivity index (χ0v) is 14.7. The van der Waals surface area contributed by atoms with Crippen molar-refractivity contribution >= 4 is 5.96 Å². The fourth-order valence-corrected chi connectivity index (χ4v) is 2.94. The highest BCUT2D eigenvalue weighted by Gasteiger charge is 2.29. The van der Waals surface area contributed by atoms with Crippen molar-refractivity contribution in [2.75, 3.05) is 40.9 Å². The number of likely N-dealkylation sites (tertiary alicyclic amines) is 1. The molecule has 0 aromatic heterocycles. The molecule has 5 nitrogen and oxygen atoms in total. The van der Waals surface area contributed by atoms with Crippen molar-refractivity contribution in [1.29, 1.82) is 0 Å². The lowest BCUT2D eigenvalue weighted by atomic mass is 9.98. The third-order valence-corrected chi connectivity index (χ3v) is 4.24. The number of nitrogens with one attached hydrogen (secondary N) is 1. The van der Waals surface area contributed by atoms with E-state index in [1.807, 2.05) is 23.1 Å². The van der Waals surface area contributed by atoms with Gasteiger partial charge in [-0.3, -0.25) is 4.99 Å². The number of aliphatic imine (C=N–C) groups is 1. The number of guanidine groups is 1. The second-order valence-corrected chi connectivity index (χ2v) is 5.92. The number of benzene rings is 1. The molecule has 1 aromatic rings. The monoisotopic (exact) mass is 359 g/mol. The van der Waals surface area contributed by atoms with Gasteiger partial charge in [-0.1, -0.05) is 0 Å². The second-order valence-electron chi connectivity index (χ2n) is 5.92. The maximum absolute atomic E-state index is 12.3. The first-order valence-electron chi connectivity index (χ1n) is 8.11. The summed E-state index contributed by atoms with van der Waals surface area (Å²) >= 11 is 0. The highest BCUT2D eigenvalue weighted by atomic mass is 19.4. The molecule has 2 rings (SSSR count). The Morgan fingerprint density at radius 3 is 2.40 bits per heavy atom. The summed E-state index contributed by atoms with van der Waals surface area (Å²) in [6.45, 7) is 1.24. The lowest BCUT2D eigenvalue weighted by Crippen LogP contribution is -2.41. The van der Waals surface area contributed by atoms with Crippen LogP contribution in [0.2, 0.25) is 0 Å². The molecule has 0 spiro atoms. The van der Waals surface area contributed by atoms with E-state index in [1.165, 1.54) is 0 Å². The number of nitrogens with zero attached hydrogens (tertiary/aromatic N) is 2. The molecular weight excluding hydrogens is 335 g/mol. The van der Waals surface area contributed by atoms with Crippen molar-refractivity contribution in [2.24, 2.45) is 4.99 Å². The fourth-order valence-electron chi connectivity index (χ4n) is 2.94. The lowest BCUT2D eigenvalue weighted by molar-refractivity contribution is -0.132. The van der Waals surface area contributed by atoms with Gasteiger partial charge in [0.05, 0.1) is 20.6 Å². The van der Waals surface area contributed by atoms with Gasteiger partial charge in [-0.2, -0.15) is 13.2 Å². The number of alkyl halides is 3. The van der Waals surface area contributed by atoms with Gasteiger partial charge in [0.1, 0.15) is 11.5 Å². The summed E-state index contributed by atoms with van der Waals surface area (Å²) in [4.78, 5) is 6.08. The summed E-state index contributed by atoms with van der Waals surface area (Å²) < 4.78 is 47.5. The number of hydrogen-bond donors (Lipinski definition) is 1. The van der Waals surface area contributed by atoms with Gasteiger partial charge in [-0.25, -0.2) is 0 Å². The van der Waals surface area contributed by atoms with Crippen molar-refractivity contribution < 1.29 is 22.6 Å². The van der Waals surface area contributed by atoms with Gasteiger partial charge in [-0.15, -0.1) is 0 Å². The van der Waals surface area contributed by atoms with E-state index in [4.69, 9.17) is 9.47 Å². The molecule has 1 aliphatic heterocycles. The quantitative estimate of drug-likeness (QED) is 0.648. The molecule has 1 unspecified atom stereocenters. The summed E-state index contributed by atoms with van der Waals surface area (Å²) in [6.07, 6.45) is -4.16. The van der Waals surface area contributed by atoms with Crippen LogP contribution in [0.25, 0.3) is 0 Å². The second kappa shape index (κ2) is 8.31. The smallest absolute Gasteiger partial charge is 0.390 e. The van der Waals surface area contributed by atoms with Crippen molar-refractivity contribution in [1.82, 2.24) is 10.2 Å². The molecule has 1 fully saturated rings. The van der Waals surface area contributed by atoms with E-state index in [2.05, 4.69) is 10.3 Å². The molecule has 0 radical (unpaired) electrons. The van der Waals surface area contributed by atoms with Crippen molar-refractivity contribution in [2.45, 2.75) is 24.9 Å². The molecule has 0 aliphatic carbocycles. The molecule has 8 heteroatoms. The van der Waals surface area contributed by atoms with Crippen LogP contribution in [0.1, 0.15) is 24.3 Å². The van der Waals surface area contributed by atoms with Crippen LogP contribution < -0.4 is 14.8 Å². The molecule has 140 valence electrons. The number of halogens is 3. The van der Waals surface area contributed by atoms with Gasteiger partial charge in [0.15, 0.2) is 5.96 Å². The summed E-state index contributed by atoms with van der Waals surface area (Å²) in [6, 6.07) is 5.75. The predicted octanol–water partition coefficient (Wildman–Crippen LogP) is 3.02. The Morgan fingerprint density at radius 1 is 1.24 bits per heavy atom. The largest absolute Gasteiger partial charge is 0.497 e. The van der Waals surface area contributed by atoms with Gasteiger partial charge in [0, 0.05) is 38.7 Å². The molecule has 1 aromatic carbocycles. The van der Waals surface area contributed by atoms with Gasteiger partial charge in [0.2, 0.25) is 0 Å². The molecule has 1 saturated heterocycles. The highest BCUT2D eigenvalue weighted by molar-refractivity contribution is 5.80. The fraction of sp³-hybridized carbons (Fsp3) is 0.588. The standard InChI is InChI=1S/C17H24F3N3O2/c1-21-16(22-6-5-17(18,19)20)23-7-4-12(11-23)13-8-14(24-2)10-15(9-13)25-3/h8-10,12H,4-7,11H2,1-3H3,(H,21,22). The number of ether oxygens (including phenoxy) is 2. The van der Waals surface area contributed by atoms with E-state index in [-0.39, 0.29) is 12.5 Å². The summed E-state index contributed by atoms with van der Waals surface area (Å²) in [5.41, 5.74) is 1.09. The first-order valence-corrected chi connectivity index (χ1v) is 8.11. The van der Waals surface area contributed by atoms with Gasteiger partial charge in [0.25, 0.3) is 0 Å². The molecule has 25 heavy (non-hydrogen) atoms. The minimum atomic E-state index is -4.17. The Kier molecular flexibility index (Phi) is 6.39. The minimum absolute atomic E-state index is 0.176. The van der Waals surface area contributed by atoms with Crippen LogP contribution in [0.15, 0.2) is 23.2 Å². The third-order valence-electron chi connectivity index (χ3n) is 4.24. The van der Waals surface area contributed by atoms with Crippen molar-refractivity contribution in [3.8, 4) is 11.5 Å². The SMILES string of the molecule is CN=C(NCCC(F)(F)F)N1CCC(c2cc(OC)cc(OC)c2)C1. The van der Waals surface area contributed by atoms with E-state index < -0.39 is 12.6 Å². The van der Waals surface area contributed by atoms with E-state index >= 15 is 0 Å². The molecule has 1 N–H and O–H groups in total.